The maximum atomic E-state index is 13.6. The molecule has 10 heteroatoms. The van der Waals surface area contributed by atoms with E-state index in [4.69, 9.17) is 0 Å². The first-order chi connectivity index (χ1) is 10.7. The first kappa shape index (κ1) is 17.4. The van der Waals surface area contributed by atoms with Gasteiger partial charge in [0.15, 0.2) is 0 Å². The van der Waals surface area contributed by atoms with Crippen molar-refractivity contribution in [2.45, 2.75) is 25.2 Å². The zero-order chi connectivity index (χ0) is 17.2. The molecule has 0 fully saturated rings. The molecule has 124 valence electrons. The topological polar surface area (TPSA) is 102 Å². The molecule has 0 aliphatic rings. The molecule has 7 nitrogen and oxygen atoms in total. The van der Waals surface area contributed by atoms with Crippen molar-refractivity contribution in [3.05, 3.63) is 49.7 Å². The van der Waals surface area contributed by atoms with Crippen molar-refractivity contribution in [2.24, 2.45) is 0 Å². The molecule has 0 saturated carbocycles. The number of rotatable bonds is 6. The number of nitrogens with zero attached hydrogens (tertiary/aromatic N) is 2. The summed E-state index contributed by atoms with van der Waals surface area (Å²) < 4.78 is 40.4. The van der Waals surface area contributed by atoms with Gasteiger partial charge in [0.05, 0.1) is 20.5 Å². The number of nitro benzene ring substituents is 1. The number of thiazole rings is 1. The Morgan fingerprint density at radius 1 is 1.39 bits per heavy atom. The molecule has 1 aromatic carbocycles. The Balaban J connectivity index is 2.17. The SMILES string of the molecule is Cc1nc(CCNS(=O)(=O)c2cc(C)c(F)c([N+](=O)[O-])c2)cs1. The van der Waals surface area contributed by atoms with Crippen molar-refractivity contribution in [3.8, 4) is 0 Å². The average molecular weight is 359 g/mol. The van der Waals surface area contributed by atoms with Crippen molar-refractivity contribution < 1.29 is 17.7 Å². The predicted octanol–water partition coefficient (Wildman–Crippen LogP) is 2.33. The largest absolute Gasteiger partial charge is 0.306 e. The average Bonchev–Trinajstić information content (AvgIpc) is 2.86. The number of nitro groups is 1. The summed E-state index contributed by atoms with van der Waals surface area (Å²) in [6.45, 7) is 3.22. The molecule has 0 radical (unpaired) electrons. The van der Waals surface area contributed by atoms with Crippen molar-refractivity contribution in [1.29, 1.82) is 0 Å². The fourth-order valence-electron chi connectivity index (χ4n) is 1.93. The highest BCUT2D eigenvalue weighted by molar-refractivity contribution is 7.89. The maximum Gasteiger partial charge on any atom is 0.306 e. The molecule has 0 aliphatic carbocycles. The van der Waals surface area contributed by atoms with Crippen LogP contribution in [0.25, 0.3) is 0 Å². The molecule has 0 bridgehead atoms. The molecule has 1 heterocycles. The standard InChI is InChI=1S/C13H14FN3O4S2/c1-8-5-11(6-12(13(8)14)17(18)19)23(20,21)15-4-3-10-7-22-9(2)16-10/h5-7,15H,3-4H2,1-2H3. The quantitative estimate of drug-likeness (QED) is 0.630. The smallest absolute Gasteiger partial charge is 0.258 e. The van der Waals surface area contributed by atoms with E-state index >= 15 is 0 Å². The first-order valence-electron chi connectivity index (χ1n) is 6.56. The van der Waals surface area contributed by atoms with Crippen LogP contribution in [0.2, 0.25) is 0 Å². The number of halogens is 1. The molecule has 0 saturated heterocycles. The lowest BCUT2D eigenvalue weighted by Gasteiger charge is -2.07. The Bertz CT molecular complexity index is 849. The van der Waals surface area contributed by atoms with E-state index < -0.39 is 26.5 Å². The van der Waals surface area contributed by atoms with Crippen LogP contribution in [0.15, 0.2) is 22.4 Å². The van der Waals surface area contributed by atoms with Crippen LogP contribution < -0.4 is 4.72 Å². The number of benzene rings is 1. The minimum atomic E-state index is -3.96. The third-order valence-corrected chi connectivity index (χ3v) is 5.32. The summed E-state index contributed by atoms with van der Waals surface area (Å²) in [5.74, 6) is -1.04. The van der Waals surface area contributed by atoms with E-state index in [0.29, 0.717) is 6.42 Å². The van der Waals surface area contributed by atoms with Gasteiger partial charge in [0.25, 0.3) is 0 Å². The lowest BCUT2D eigenvalue weighted by atomic mass is 10.2. The van der Waals surface area contributed by atoms with Gasteiger partial charge in [-0.2, -0.15) is 4.39 Å². The second-order valence-electron chi connectivity index (χ2n) is 4.84. The summed E-state index contributed by atoms with van der Waals surface area (Å²) in [6.07, 6.45) is 0.395. The zero-order valence-electron chi connectivity index (χ0n) is 12.4. The van der Waals surface area contributed by atoms with Gasteiger partial charge in [-0.05, 0) is 25.5 Å². The van der Waals surface area contributed by atoms with E-state index in [0.717, 1.165) is 22.8 Å². The maximum absolute atomic E-state index is 13.6. The van der Waals surface area contributed by atoms with Crippen LogP contribution in [0, 0.1) is 29.8 Å². The number of nitrogens with one attached hydrogen (secondary N) is 1. The first-order valence-corrected chi connectivity index (χ1v) is 8.92. The monoisotopic (exact) mass is 359 g/mol. The lowest BCUT2D eigenvalue weighted by molar-refractivity contribution is -0.387. The number of aromatic nitrogens is 1. The third-order valence-electron chi connectivity index (χ3n) is 3.06. The number of hydrogen-bond acceptors (Lipinski definition) is 6. The Morgan fingerprint density at radius 3 is 2.65 bits per heavy atom. The van der Waals surface area contributed by atoms with Gasteiger partial charge in [0.1, 0.15) is 0 Å². The third kappa shape index (κ3) is 4.09. The van der Waals surface area contributed by atoms with Crippen molar-refractivity contribution in [2.75, 3.05) is 6.54 Å². The second-order valence-corrected chi connectivity index (χ2v) is 7.67. The number of hydrogen-bond donors (Lipinski definition) is 1. The van der Waals surface area contributed by atoms with Gasteiger partial charge in [-0.25, -0.2) is 18.1 Å². The molecule has 0 unspecified atom stereocenters. The lowest BCUT2D eigenvalue weighted by Crippen LogP contribution is -2.26. The number of sulfonamides is 1. The minimum Gasteiger partial charge on any atom is -0.258 e. The van der Waals surface area contributed by atoms with Crippen LogP contribution in [0.3, 0.4) is 0 Å². The van der Waals surface area contributed by atoms with Gasteiger partial charge in [-0.1, -0.05) is 0 Å². The summed E-state index contributed by atoms with van der Waals surface area (Å²) in [5, 5.41) is 13.5. The van der Waals surface area contributed by atoms with Gasteiger partial charge in [0, 0.05) is 24.4 Å². The van der Waals surface area contributed by atoms with Crippen LogP contribution >= 0.6 is 11.3 Å². The van der Waals surface area contributed by atoms with E-state index in [1.807, 2.05) is 12.3 Å². The molecule has 1 aromatic heterocycles. The molecule has 0 spiro atoms. The summed E-state index contributed by atoms with van der Waals surface area (Å²) in [4.78, 5) is 13.7. The molecule has 1 N–H and O–H groups in total. The predicted molar refractivity (Wildman–Crippen MR) is 83.5 cm³/mol. The summed E-state index contributed by atoms with van der Waals surface area (Å²) >= 11 is 1.46. The normalized spacial score (nSPS) is 11.6. The molecule has 23 heavy (non-hydrogen) atoms. The zero-order valence-corrected chi connectivity index (χ0v) is 14.0. The van der Waals surface area contributed by atoms with Crippen molar-refractivity contribution >= 4 is 27.0 Å². The van der Waals surface area contributed by atoms with E-state index in [1.165, 1.54) is 18.3 Å². The van der Waals surface area contributed by atoms with Crippen LogP contribution in [0.5, 0.6) is 0 Å². The molecule has 2 aromatic rings. The highest BCUT2D eigenvalue weighted by Gasteiger charge is 2.23. The van der Waals surface area contributed by atoms with Crippen LogP contribution in [-0.4, -0.2) is 24.9 Å². The van der Waals surface area contributed by atoms with Gasteiger partial charge in [-0.15, -0.1) is 11.3 Å². The highest BCUT2D eigenvalue weighted by atomic mass is 32.2. The fourth-order valence-corrected chi connectivity index (χ4v) is 3.71. The van der Waals surface area contributed by atoms with Crippen molar-refractivity contribution in [1.82, 2.24) is 9.71 Å². The van der Waals surface area contributed by atoms with E-state index in [1.54, 1.807) is 0 Å². The van der Waals surface area contributed by atoms with E-state index in [2.05, 4.69) is 9.71 Å². The van der Waals surface area contributed by atoms with Crippen LogP contribution in [0.4, 0.5) is 10.1 Å². The molecule has 2 rings (SSSR count). The Hall–Kier alpha value is -1.91. The van der Waals surface area contributed by atoms with E-state index in [-0.39, 0.29) is 17.0 Å². The summed E-state index contributed by atoms with van der Waals surface area (Å²) in [6, 6.07) is 1.79. The van der Waals surface area contributed by atoms with E-state index in [9.17, 15) is 22.9 Å². The Labute approximate surface area is 136 Å². The molecule has 0 amide bonds. The van der Waals surface area contributed by atoms with Crippen LogP contribution in [0.1, 0.15) is 16.3 Å². The molecule has 0 aliphatic heterocycles. The fraction of sp³-hybridized carbons (Fsp3) is 0.308. The summed E-state index contributed by atoms with van der Waals surface area (Å²) in [7, 11) is -3.96. The Morgan fingerprint density at radius 2 is 2.09 bits per heavy atom. The molecule has 0 atom stereocenters. The minimum absolute atomic E-state index is 0.0930. The second kappa shape index (κ2) is 6.69. The number of aryl methyl sites for hydroxylation is 2. The Kier molecular flexibility index (Phi) is 5.07. The highest BCUT2D eigenvalue weighted by Crippen LogP contribution is 2.25. The molecular weight excluding hydrogens is 345 g/mol. The van der Waals surface area contributed by atoms with Gasteiger partial charge >= 0.3 is 5.69 Å². The van der Waals surface area contributed by atoms with Gasteiger partial charge in [-0.3, -0.25) is 10.1 Å². The van der Waals surface area contributed by atoms with Gasteiger partial charge in [0.2, 0.25) is 15.8 Å². The summed E-state index contributed by atoms with van der Waals surface area (Å²) in [5.41, 5.74) is -0.202. The van der Waals surface area contributed by atoms with Crippen molar-refractivity contribution in [3.63, 3.8) is 0 Å². The van der Waals surface area contributed by atoms with Gasteiger partial charge < -0.3 is 0 Å². The molecular formula is C13H14FN3O4S2. The van der Waals surface area contributed by atoms with Crippen LogP contribution in [-0.2, 0) is 16.4 Å².